The van der Waals surface area contributed by atoms with Crippen molar-refractivity contribution in [1.82, 2.24) is 10.3 Å². The molecule has 1 heterocycles. The minimum atomic E-state index is -1.19. The van der Waals surface area contributed by atoms with Crippen molar-refractivity contribution in [3.63, 3.8) is 0 Å². The second-order valence-electron chi connectivity index (χ2n) is 4.44. The number of hydrogen-bond acceptors (Lipinski definition) is 5. The molecule has 1 amide bonds. The molecule has 0 aliphatic rings. The minimum absolute atomic E-state index is 0.251. The lowest BCUT2D eigenvalue weighted by molar-refractivity contribution is -0.135. The fraction of sp³-hybridized carbons (Fsp3) is 0.133. The van der Waals surface area contributed by atoms with Crippen LogP contribution in [0.5, 0.6) is 17.2 Å². The number of aliphatic carboxylic acids is 1. The zero-order valence-electron chi connectivity index (χ0n) is 11.7. The standard InChI is InChI=1S/C15H14N2O5/c1-9-11(22-10-5-3-2-4-6-10)7-16-13(14(9)20)15(21)17-8-12(18)19/h2-7,20H,8H2,1H3,(H,17,21)(H,18,19). The number of aromatic nitrogens is 1. The molecule has 0 unspecified atom stereocenters. The van der Waals surface area contributed by atoms with Crippen molar-refractivity contribution in [2.75, 3.05) is 6.54 Å². The molecule has 0 bridgehead atoms. The summed E-state index contributed by atoms with van der Waals surface area (Å²) in [6.07, 6.45) is 1.30. The molecule has 3 N–H and O–H groups in total. The van der Waals surface area contributed by atoms with Gasteiger partial charge in [-0.2, -0.15) is 0 Å². The molecule has 0 spiro atoms. The summed E-state index contributed by atoms with van der Waals surface area (Å²) in [5, 5.41) is 20.7. The molecule has 7 nitrogen and oxygen atoms in total. The zero-order valence-corrected chi connectivity index (χ0v) is 11.7. The predicted molar refractivity (Wildman–Crippen MR) is 77.1 cm³/mol. The van der Waals surface area contributed by atoms with E-state index in [9.17, 15) is 14.7 Å². The maximum Gasteiger partial charge on any atom is 0.322 e. The number of benzene rings is 1. The number of hydrogen-bond donors (Lipinski definition) is 3. The van der Waals surface area contributed by atoms with Gasteiger partial charge in [0.2, 0.25) is 0 Å². The van der Waals surface area contributed by atoms with Crippen LogP contribution in [0.1, 0.15) is 16.1 Å². The van der Waals surface area contributed by atoms with Crippen molar-refractivity contribution in [2.45, 2.75) is 6.92 Å². The number of carboxylic acids is 1. The lowest BCUT2D eigenvalue weighted by Gasteiger charge is -2.11. The quantitative estimate of drug-likeness (QED) is 0.775. The van der Waals surface area contributed by atoms with Crippen LogP contribution in [0.3, 0.4) is 0 Å². The molecule has 1 aromatic carbocycles. The Balaban J connectivity index is 2.21. The highest BCUT2D eigenvalue weighted by molar-refractivity contribution is 5.96. The first-order chi connectivity index (χ1) is 10.5. The summed E-state index contributed by atoms with van der Waals surface area (Å²) in [6.45, 7) is 1.02. The van der Waals surface area contributed by atoms with Gasteiger partial charge in [-0.05, 0) is 19.1 Å². The van der Waals surface area contributed by atoms with E-state index < -0.39 is 18.4 Å². The monoisotopic (exact) mass is 302 g/mol. The summed E-state index contributed by atoms with van der Waals surface area (Å²) in [5.74, 6) is -1.44. The number of carbonyl (C=O) groups excluding carboxylic acids is 1. The highest BCUT2D eigenvalue weighted by atomic mass is 16.5. The van der Waals surface area contributed by atoms with E-state index >= 15 is 0 Å². The molecule has 114 valence electrons. The molecule has 7 heteroatoms. The van der Waals surface area contributed by atoms with Gasteiger partial charge in [-0.25, -0.2) is 4.98 Å². The Morgan fingerprint density at radius 1 is 1.27 bits per heavy atom. The second-order valence-corrected chi connectivity index (χ2v) is 4.44. The highest BCUT2D eigenvalue weighted by Crippen LogP contribution is 2.31. The third-order valence-electron chi connectivity index (χ3n) is 2.85. The number of rotatable bonds is 5. The number of carbonyl (C=O) groups is 2. The summed E-state index contributed by atoms with van der Waals surface area (Å²) in [4.78, 5) is 26.0. The third-order valence-corrected chi connectivity index (χ3v) is 2.85. The Bertz CT molecular complexity index is 701. The maximum absolute atomic E-state index is 11.8. The van der Waals surface area contributed by atoms with E-state index in [0.717, 1.165) is 0 Å². The lowest BCUT2D eigenvalue weighted by atomic mass is 10.2. The van der Waals surface area contributed by atoms with Crippen LogP contribution in [0, 0.1) is 6.92 Å². The number of aromatic hydroxyl groups is 1. The number of carboxylic acid groups (broad SMARTS) is 1. The van der Waals surface area contributed by atoms with Gasteiger partial charge in [0.25, 0.3) is 5.91 Å². The highest BCUT2D eigenvalue weighted by Gasteiger charge is 2.18. The van der Waals surface area contributed by atoms with Gasteiger partial charge in [0.05, 0.1) is 6.20 Å². The molecule has 0 radical (unpaired) electrons. The van der Waals surface area contributed by atoms with Crippen molar-refractivity contribution in [1.29, 1.82) is 0 Å². The molecule has 22 heavy (non-hydrogen) atoms. The number of pyridine rings is 1. The summed E-state index contributed by atoms with van der Waals surface area (Å²) in [7, 11) is 0. The van der Waals surface area contributed by atoms with Crippen molar-refractivity contribution in [3.8, 4) is 17.2 Å². The van der Waals surface area contributed by atoms with Gasteiger partial charge in [0, 0.05) is 5.56 Å². The Morgan fingerprint density at radius 3 is 2.59 bits per heavy atom. The largest absolute Gasteiger partial charge is 0.505 e. The Hall–Kier alpha value is -3.09. The van der Waals surface area contributed by atoms with Crippen LogP contribution in [0.4, 0.5) is 0 Å². The molecule has 0 aliphatic heterocycles. The van der Waals surface area contributed by atoms with E-state index in [-0.39, 0.29) is 11.4 Å². The second kappa shape index (κ2) is 6.57. The van der Waals surface area contributed by atoms with E-state index in [1.165, 1.54) is 6.20 Å². The first-order valence-electron chi connectivity index (χ1n) is 6.40. The summed E-state index contributed by atoms with van der Waals surface area (Å²) in [5.41, 5.74) is 0.0819. The predicted octanol–water partition coefficient (Wildman–Crippen LogP) is 1.70. The van der Waals surface area contributed by atoms with E-state index in [2.05, 4.69) is 10.3 Å². The molecule has 0 saturated carbocycles. The van der Waals surface area contributed by atoms with Gasteiger partial charge in [-0.1, -0.05) is 18.2 Å². The summed E-state index contributed by atoms with van der Waals surface area (Å²) < 4.78 is 5.57. The number of para-hydroxylation sites is 1. The smallest absolute Gasteiger partial charge is 0.322 e. The number of amides is 1. The molecule has 2 aromatic rings. The average molecular weight is 302 g/mol. The Labute approximate surface area is 126 Å². The molecule has 0 atom stereocenters. The van der Waals surface area contributed by atoms with E-state index in [1.54, 1.807) is 31.2 Å². The van der Waals surface area contributed by atoms with E-state index in [1.807, 2.05) is 6.07 Å². The fourth-order valence-electron chi connectivity index (χ4n) is 1.70. The van der Waals surface area contributed by atoms with Gasteiger partial charge < -0.3 is 20.3 Å². The van der Waals surface area contributed by atoms with Crippen molar-refractivity contribution in [2.24, 2.45) is 0 Å². The first kappa shape index (κ1) is 15.3. The fourth-order valence-corrected chi connectivity index (χ4v) is 1.70. The van der Waals surface area contributed by atoms with Crippen molar-refractivity contribution in [3.05, 3.63) is 47.8 Å². The van der Waals surface area contributed by atoms with Gasteiger partial charge >= 0.3 is 5.97 Å². The third kappa shape index (κ3) is 3.51. The van der Waals surface area contributed by atoms with Crippen LogP contribution < -0.4 is 10.1 Å². The average Bonchev–Trinajstić information content (AvgIpc) is 2.51. The minimum Gasteiger partial charge on any atom is -0.505 e. The molecule has 2 rings (SSSR count). The van der Waals surface area contributed by atoms with Crippen LogP contribution in [-0.4, -0.2) is 33.6 Å². The normalized spacial score (nSPS) is 10.0. The van der Waals surface area contributed by atoms with Gasteiger partial charge in [-0.3, -0.25) is 9.59 Å². The van der Waals surface area contributed by atoms with Crippen molar-refractivity contribution < 1.29 is 24.5 Å². The van der Waals surface area contributed by atoms with Crippen LogP contribution in [0.25, 0.3) is 0 Å². The van der Waals surface area contributed by atoms with E-state index in [4.69, 9.17) is 9.84 Å². The van der Waals surface area contributed by atoms with Crippen LogP contribution in [0.15, 0.2) is 36.5 Å². The molecule has 0 fully saturated rings. The number of nitrogens with one attached hydrogen (secondary N) is 1. The topological polar surface area (TPSA) is 109 Å². The van der Waals surface area contributed by atoms with Crippen LogP contribution >= 0.6 is 0 Å². The van der Waals surface area contributed by atoms with Gasteiger partial charge in [0.1, 0.15) is 12.3 Å². The maximum atomic E-state index is 11.8. The Morgan fingerprint density at radius 2 is 1.95 bits per heavy atom. The van der Waals surface area contributed by atoms with Gasteiger partial charge in [-0.15, -0.1) is 0 Å². The first-order valence-corrected chi connectivity index (χ1v) is 6.40. The van der Waals surface area contributed by atoms with Crippen LogP contribution in [-0.2, 0) is 4.79 Å². The zero-order chi connectivity index (χ0) is 16.1. The molecule has 1 aromatic heterocycles. The number of nitrogens with zero attached hydrogens (tertiary/aromatic N) is 1. The number of ether oxygens (including phenoxy) is 1. The summed E-state index contributed by atoms with van der Waals surface area (Å²) in [6, 6.07) is 8.91. The SMILES string of the molecule is Cc1c(Oc2ccccc2)cnc(C(=O)NCC(=O)O)c1O. The molecule has 0 aliphatic carbocycles. The molecule has 0 saturated heterocycles. The molecular weight excluding hydrogens is 288 g/mol. The van der Waals surface area contributed by atoms with Crippen molar-refractivity contribution >= 4 is 11.9 Å². The van der Waals surface area contributed by atoms with E-state index in [0.29, 0.717) is 17.1 Å². The lowest BCUT2D eigenvalue weighted by Crippen LogP contribution is -2.30. The summed E-state index contributed by atoms with van der Waals surface area (Å²) >= 11 is 0. The molecular formula is C15H14N2O5. The van der Waals surface area contributed by atoms with Crippen LogP contribution in [0.2, 0.25) is 0 Å². The Kier molecular flexibility index (Phi) is 4.57. The van der Waals surface area contributed by atoms with Gasteiger partial charge in [0.15, 0.2) is 17.2 Å².